The quantitative estimate of drug-likeness (QED) is 0.416. The first-order valence-corrected chi connectivity index (χ1v) is 9.17. The molecule has 3 rings (SSSR count). The smallest absolute Gasteiger partial charge is 0.267 e. The third-order valence-electron chi connectivity index (χ3n) is 4.93. The average molecular weight is 366 g/mol. The van der Waals surface area contributed by atoms with Gasteiger partial charge in [-0.1, -0.05) is 18.2 Å². The van der Waals surface area contributed by atoms with Gasteiger partial charge in [0.1, 0.15) is 5.82 Å². The van der Waals surface area contributed by atoms with Crippen molar-refractivity contribution in [2.75, 3.05) is 18.4 Å². The number of carbonyl (C=O) groups is 1. The lowest BCUT2D eigenvalue weighted by atomic mass is 10.1. The molecule has 0 bridgehead atoms. The SMILES string of the molecule is Cc1ccc(CN2CC[C@@H](Nc3ccc(/C=C/C(=O)NO)cn3)C2)cc1C. The number of carbonyl (C=O) groups excluding carboxylic acids is 1. The summed E-state index contributed by atoms with van der Waals surface area (Å²) in [4.78, 5) is 17.9. The van der Waals surface area contributed by atoms with E-state index in [-0.39, 0.29) is 0 Å². The first-order valence-electron chi connectivity index (χ1n) is 9.17. The van der Waals surface area contributed by atoms with Crippen molar-refractivity contribution in [1.82, 2.24) is 15.4 Å². The minimum atomic E-state index is -0.563. The molecule has 0 spiro atoms. The van der Waals surface area contributed by atoms with Crippen molar-refractivity contribution >= 4 is 17.8 Å². The second kappa shape index (κ2) is 8.79. The monoisotopic (exact) mass is 366 g/mol. The second-order valence-corrected chi connectivity index (χ2v) is 7.07. The second-order valence-electron chi connectivity index (χ2n) is 7.07. The van der Waals surface area contributed by atoms with Crippen molar-refractivity contribution in [2.24, 2.45) is 0 Å². The summed E-state index contributed by atoms with van der Waals surface area (Å²) in [7, 11) is 0. The maximum atomic E-state index is 11.0. The number of pyridine rings is 1. The van der Waals surface area contributed by atoms with Gasteiger partial charge >= 0.3 is 0 Å². The molecule has 0 unspecified atom stereocenters. The van der Waals surface area contributed by atoms with E-state index in [1.54, 1.807) is 17.8 Å². The predicted molar refractivity (Wildman–Crippen MR) is 106 cm³/mol. The van der Waals surface area contributed by atoms with Crippen LogP contribution in [0.5, 0.6) is 0 Å². The van der Waals surface area contributed by atoms with Crippen molar-refractivity contribution in [1.29, 1.82) is 0 Å². The first-order chi connectivity index (χ1) is 13.0. The minimum absolute atomic E-state index is 0.380. The molecule has 6 nitrogen and oxygen atoms in total. The van der Waals surface area contributed by atoms with Crippen LogP contribution in [0.3, 0.4) is 0 Å². The molecule has 1 aliphatic heterocycles. The summed E-state index contributed by atoms with van der Waals surface area (Å²) in [6.45, 7) is 7.34. The highest BCUT2D eigenvalue weighted by atomic mass is 16.5. The fourth-order valence-corrected chi connectivity index (χ4v) is 3.26. The number of hydroxylamine groups is 1. The number of anilines is 1. The molecule has 1 fully saturated rings. The first kappa shape index (κ1) is 19.1. The topological polar surface area (TPSA) is 77.5 Å². The molecular formula is C21H26N4O2. The number of benzene rings is 1. The van der Waals surface area contributed by atoms with E-state index >= 15 is 0 Å². The van der Waals surface area contributed by atoms with E-state index < -0.39 is 5.91 Å². The van der Waals surface area contributed by atoms with Crippen molar-refractivity contribution in [2.45, 2.75) is 32.9 Å². The summed E-state index contributed by atoms with van der Waals surface area (Å²) < 4.78 is 0. The number of hydrogen-bond donors (Lipinski definition) is 3. The standard InChI is InChI=1S/C21H26N4O2/c1-15-3-4-18(11-16(15)2)13-25-10-9-19(14-25)23-20-7-5-17(12-22-20)6-8-21(26)24-27/h3-8,11-12,19,27H,9-10,13-14H2,1-2H3,(H,22,23)(H,24,26)/b8-6+/t19-/m1/s1. The molecule has 1 aromatic carbocycles. The Bertz CT molecular complexity index is 817. The minimum Gasteiger partial charge on any atom is -0.366 e. The average Bonchev–Trinajstić information content (AvgIpc) is 3.10. The van der Waals surface area contributed by atoms with Crippen molar-refractivity contribution in [3.8, 4) is 0 Å². The van der Waals surface area contributed by atoms with Crippen LogP contribution in [0.15, 0.2) is 42.6 Å². The highest BCUT2D eigenvalue weighted by Crippen LogP contribution is 2.18. The summed E-state index contributed by atoms with van der Waals surface area (Å²) in [5.41, 5.74) is 6.40. The fraction of sp³-hybridized carbons (Fsp3) is 0.333. The molecule has 2 heterocycles. The van der Waals surface area contributed by atoms with E-state index in [9.17, 15) is 4.79 Å². The molecule has 6 heteroatoms. The molecule has 142 valence electrons. The molecule has 0 saturated carbocycles. The van der Waals surface area contributed by atoms with E-state index in [1.165, 1.54) is 22.8 Å². The van der Waals surface area contributed by atoms with Gasteiger partial charge in [0, 0.05) is 37.9 Å². The normalized spacial score (nSPS) is 17.4. The molecule has 1 aromatic heterocycles. The molecule has 0 aliphatic carbocycles. The number of aryl methyl sites for hydroxylation is 2. The Morgan fingerprint density at radius 1 is 1.30 bits per heavy atom. The Kier molecular flexibility index (Phi) is 6.21. The van der Waals surface area contributed by atoms with Crippen LogP contribution in [-0.2, 0) is 11.3 Å². The third kappa shape index (κ3) is 5.39. The predicted octanol–water partition coefficient (Wildman–Crippen LogP) is 2.90. The largest absolute Gasteiger partial charge is 0.366 e. The number of likely N-dealkylation sites (tertiary alicyclic amines) is 1. The van der Waals surface area contributed by atoms with E-state index in [0.717, 1.165) is 37.4 Å². The van der Waals surface area contributed by atoms with E-state index in [1.807, 2.05) is 12.1 Å². The molecular weight excluding hydrogens is 340 g/mol. The van der Waals surface area contributed by atoms with Gasteiger partial charge in [-0.3, -0.25) is 14.9 Å². The molecule has 1 amide bonds. The Balaban J connectivity index is 1.51. The summed E-state index contributed by atoms with van der Waals surface area (Å²) in [5.74, 6) is 0.267. The number of nitrogens with zero attached hydrogens (tertiary/aromatic N) is 2. The van der Waals surface area contributed by atoms with Crippen molar-refractivity contribution in [3.05, 3.63) is 64.9 Å². The Labute approximate surface area is 159 Å². The zero-order valence-corrected chi connectivity index (χ0v) is 15.8. The van der Waals surface area contributed by atoms with Gasteiger partial charge < -0.3 is 5.32 Å². The molecule has 1 aliphatic rings. The van der Waals surface area contributed by atoms with Crippen LogP contribution in [-0.4, -0.2) is 40.1 Å². The van der Waals surface area contributed by atoms with Gasteiger partial charge in [-0.2, -0.15) is 0 Å². The van der Waals surface area contributed by atoms with E-state index in [4.69, 9.17) is 5.21 Å². The lowest BCUT2D eigenvalue weighted by molar-refractivity contribution is -0.124. The zero-order chi connectivity index (χ0) is 19.2. The van der Waals surface area contributed by atoms with Crippen LogP contribution in [0, 0.1) is 13.8 Å². The number of nitrogens with one attached hydrogen (secondary N) is 2. The number of amides is 1. The van der Waals surface area contributed by atoms with Crippen LogP contribution in [0.2, 0.25) is 0 Å². The van der Waals surface area contributed by atoms with Crippen LogP contribution >= 0.6 is 0 Å². The maximum Gasteiger partial charge on any atom is 0.267 e. The summed E-state index contributed by atoms with van der Waals surface area (Å²) >= 11 is 0. The highest BCUT2D eigenvalue weighted by molar-refractivity contribution is 5.90. The van der Waals surface area contributed by atoms with Crippen LogP contribution in [0.4, 0.5) is 5.82 Å². The van der Waals surface area contributed by atoms with Gasteiger partial charge in [-0.25, -0.2) is 10.5 Å². The number of aromatic nitrogens is 1. The Morgan fingerprint density at radius 2 is 2.15 bits per heavy atom. The maximum absolute atomic E-state index is 11.0. The summed E-state index contributed by atoms with van der Waals surface area (Å²) in [6, 6.07) is 10.9. The van der Waals surface area contributed by atoms with Gasteiger partial charge in [0.15, 0.2) is 0 Å². The number of rotatable bonds is 6. The van der Waals surface area contributed by atoms with Crippen molar-refractivity contribution < 1.29 is 10.0 Å². The molecule has 1 saturated heterocycles. The summed E-state index contributed by atoms with van der Waals surface area (Å²) in [6.07, 6.45) is 5.64. The van der Waals surface area contributed by atoms with Gasteiger partial charge in [-0.05, 0) is 60.7 Å². The Hall–Kier alpha value is -2.70. The lowest BCUT2D eigenvalue weighted by Gasteiger charge is -2.17. The lowest BCUT2D eigenvalue weighted by Crippen LogP contribution is -2.26. The molecule has 2 aromatic rings. The number of hydrogen-bond acceptors (Lipinski definition) is 5. The van der Waals surface area contributed by atoms with Gasteiger partial charge in [0.2, 0.25) is 0 Å². The highest BCUT2D eigenvalue weighted by Gasteiger charge is 2.22. The van der Waals surface area contributed by atoms with E-state index in [0.29, 0.717) is 6.04 Å². The molecule has 0 radical (unpaired) electrons. The van der Waals surface area contributed by atoms with E-state index in [2.05, 4.69) is 47.2 Å². The third-order valence-corrected chi connectivity index (χ3v) is 4.93. The van der Waals surface area contributed by atoms with Crippen LogP contribution < -0.4 is 10.8 Å². The van der Waals surface area contributed by atoms with Crippen LogP contribution in [0.1, 0.15) is 28.7 Å². The van der Waals surface area contributed by atoms with Crippen molar-refractivity contribution in [3.63, 3.8) is 0 Å². The molecule has 27 heavy (non-hydrogen) atoms. The Morgan fingerprint density at radius 3 is 2.85 bits per heavy atom. The van der Waals surface area contributed by atoms with Gasteiger partial charge in [0.25, 0.3) is 5.91 Å². The fourth-order valence-electron chi connectivity index (χ4n) is 3.26. The zero-order valence-electron chi connectivity index (χ0n) is 15.8. The van der Waals surface area contributed by atoms with Gasteiger partial charge in [0.05, 0.1) is 0 Å². The van der Waals surface area contributed by atoms with Crippen LogP contribution in [0.25, 0.3) is 6.08 Å². The van der Waals surface area contributed by atoms with Gasteiger partial charge in [-0.15, -0.1) is 0 Å². The summed E-state index contributed by atoms with van der Waals surface area (Å²) in [5, 5.41) is 12.0. The molecule has 1 atom stereocenters. The molecule has 3 N–H and O–H groups in total.